The van der Waals surface area contributed by atoms with Crippen molar-refractivity contribution in [2.45, 2.75) is 44.8 Å². The molecule has 2 aliphatic rings. The third-order valence-electron chi connectivity index (χ3n) is 6.28. The third-order valence-corrected chi connectivity index (χ3v) is 6.28. The molecule has 6 heteroatoms. The summed E-state index contributed by atoms with van der Waals surface area (Å²) in [6.07, 6.45) is 2.22. The summed E-state index contributed by atoms with van der Waals surface area (Å²) in [4.78, 5) is 29.2. The van der Waals surface area contributed by atoms with Crippen molar-refractivity contribution in [3.05, 3.63) is 48.0 Å². The van der Waals surface area contributed by atoms with E-state index >= 15 is 0 Å². The molecule has 1 aliphatic heterocycles. The molecule has 1 saturated carbocycles. The number of hydrogen-bond acceptors (Lipinski definition) is 4. The Morgan fingerprint density at radius 2 is 1.70 bits per heavy atom. The Bertz CT molecular complexity index is 903. The Labute approximate surface area is 178 Å². The average molecular weight is 409 g/mol. The van der Waals surface area contributed by atoms with Crippen LogP contribution in [-0.2, 0) is 9.59 Å². The maximum absolute atomic E-state index is 12.6. The minimum Gasteiger partial charge on any atom is -0.352 e. The maximum atomic E-state index is 12.6. The van der Waals surface area contributed by atoms with Gasteiger partial charge in [-0.15, -0.1) is 0 Å². The topological polar surface area (TPSA) is 64.7 Å². The van der Waals surface area contributed by atoms with E-state index in [9.17, 15) is 9.59 Å². The van der Waals surface area contributed by atoms with Gasteiger partial charge in [0.1, 0.15) is 0 Å². The third kappa shape index (κ3) is 5.18. The number of nitrogens with zero attached hydrogens (tertiary/aromatic N) is 2. The van der Waals surface area contributed by atoms with E-state index in [0.29, 0.717) is 12.6 Å². The van der Waals surface area contributed by atoms with Crippen LogP contribution >= 0.6 is 0 Å². The van der Waals surface area contributed by atoms with Crippen LogP contribution < -0.4 is 10.6 Å². The Hall–Kier alpha value is -2.44. The van der Waals surface area contributed by atoms with Gasteiger partial charge in [-0.1, -0.05) is 36.4 Å². The van der Waals surface area contributed by atoms with Gasteiger partial charge in [-0.3, -0.25) is 19.4 Å². The van der Waals surface area contributed by atoms with E-state index < -0.39 is 0 Å². The molecule has 6 nitrogen and oxygen atoms in total. The fourth-order valence-electron chi connectivity index (χ4n) is 4.07. The van der Waals surface area contributed by atoms with Crippen LogP contribution in [0.15, 0.2) is 42.5 Å². The van der Waals surface area contributed by atoms with Crippen molar-refractivity contribution in [3.63, 3.8) is 0 Å². The molecule has 2 fully saturated rings. The van der Waals surface area contributed by atoms with Crippen LogP contribution in [-0.4, -0.2) is 66.4 Å². The summed E-state index contributed by atoms with van der Waals surface area (Å²) < 4.78 is 0. The summed E-state index contributed by atoms with van der Waals surface area (Å²) in [7, 11) is 0. The molecule has 160 valence electrons. The first kappa shape index (κ1) is 20.8. The van der Waals surface area contributed by atoms with Gasteiger partial charge in [-0.25, -0.2) is 0 Å². The van der Waals surface area contributed by atoms with Gasteiger partial charge in [0.25, 0.3) is 0 Å². The molecule has 0 aromatic heterocycles. The molecule has 2 aromatic carbocycles. The van der Waals surface area contributed by atoms with Gasteiger partial charge in [0.2, 0.25) is 11.8 Å². The smallest absolute Gasteiger partial charge is 0.237 e. The van der Waals surface area contributed by atoms with E-state index in [1.807, 2.05) is 26.0 Å². The highest BCUT2D eigenvalue weighted by Gasteiger charge is 2.30. The van der Waals surface area contributed by atoms with Gasteiger partial charge in [0.05, 0.1) is 18.6 Å². The fraction of sp³-hybridized carbons (Fsp3) is 0.500. The lowest BCUT2D eigenvalue weighted by Gasteiger charge is -2.37. The lowest BCUT2D eigenvalue weighted by Crippen LogP contribution is -2.55. The minimum atomic E-state index is -0.102. The lowest BCUT2D eigenvalue weighted by atomic mass is 10.0. The number of carbonyl (C=O) groups excluding carboxylic acids is 2. The van der Waals surface area contributed by atoms with Crippen molar-refractivity contribution < 1.29 is 9.59 Å². The molecule has 0 radical (unpaired) electrons. The van der Waals surface area contributed by atoms with Gasteiger partial charge < -0.3 is 10.6 Å². The van der Waals surface area contributed by atoms with Crippen molar-refractivity contribution in [3.8, 4) is 0 Å². The molecule has 0 spiro atoms. The molecule has 1 aliphatic carbocycles. The minimum absolute atomic E-state index is 0.0328. The molecule has 2 aromatic rings. The van der Waals surface area contributed by atoms with Crippen LogP contribution in [0.25, 0.3) is 10.8 Å². The van der Waals surface area contributed by atoms with Crippen LogP contribution in [0.3, 0.4) is 0 Å². The number of piperazine rings is 1. The first-order chi connectivity index (χ1) is 14.5. The highest BCUT2D eigenvalue weighted by atomic mass is 16.2. The summed E-state index contributed by atoms with van der Waals surface area (Å²) in [5.41, 5.74) is 1.11. The molecular formula is C24H32N4O2. The van der Waals surface area contributed by atoms with E-state index in [2.05, 4.69) is 50.8 Å². The number of fused-ring (bicyclic) bond motifs is 1. The summed E-state index contributed by atoms with van der Waals surface area (Å²) in [5, 5.41) is 8.61. The highest BCUT2D eigenvalue weighted by Crippen LogP contribution is 2.21. The molecule has 1 heterocycles. The van der Waals surface area contributed by atoms with Crippen LogP contribution in [0.2, 0.25) is 0 Å². The van der Waals surface area contributed by atoms with Crippen LogP contribution in [0.4, 0.5) is 0 Å². The van der Waals surface area contributed by atoms with Gasteiger partial charge in [-0.05, 0) is 49.1 Å². The Morgan fingerprint density at radius 3 is 2.40 bits per heavy atom. The van der Waals surface area contributed by atoms with Gasteiger partial charge >= 0.3 is 0 Å². The second-order valence-electron chi connectivity index (χ2n) is 8.67. The first-order valence-corrected chi connectivity index (χ1v) is 11.0. The quantitative estimate of drug-likeness (QED) is 0.738. The molecule has 2 atom stereocenters. The number of amides is 2. The molecule has 4 rings (SSSR count). The highest BCUT2D eigenvalue weighted by molar-refractivity contribution is 5.84. The first-order valence-electron chi connectivity index (χ1n) is 11.0. The maximum Gasteiger partial charge on any atom is 0.237 e. The largest absolute Gasteiger partial charge is 0.352 e. The molecule has 30 heavy (non-hydrogen) atoms. The molecular weight excluding hydrogens is 376 g/mol. The second kappa shape index (κ2) is 9.14. The zero-order chi connectivity index (χ0) is 21.1. The molecule has 2 unspecified atom stereocenters. The van der Waals surface area contributed by atoms with E-state index in [1.165, 1.54) is 10.8 Å². The normalized spacial score (nSPS) is 19.9. The van der Waals surface area contributed by atoms with Crippen molar-refractivity contribution in [1.29, 1.82) is 0 Å². The van der Waals surface area contributed by atoms with Gasteiger partial charge in [0, 0.05) is 32.2 Å². The summed E-state index contributed by atoms with van der Waals surface area (Å²) in [6, 6.07) is 14.9. The van der Waals surface area contributed by atoms with E-state index in [1.54, 1.807) is 0 Å². The van der Waals surface area contributed by atoms with E-state index in [-0.39, 0.29) is 23.9 Å². The van der Waals surface area contributed by atoms with Crippen molar-refractivity contribution in [1.82, 2.24) is 20.4 Å². The molecule has 2 N–H and O–H groups in total. The van der Waals surface area contributed by atoms with Crippen molar-refractivity contribution in [2.75, 3.05) is 32.7 Å². The number of hydrogen-bond donors (Lipinski definition) is 2. The predicted molar refractivity (Wildman–Crippen MR) is 119 cm³/mol. The SMILES string of the molecule is CC(NC(=O)CN1CCN(C(C)C(=O)NC2CC2)CC1)c1ccc2ccccc2c1. The number of nitrogens with one attached hydrogen (secondary N) is 2. The lowest BCUT2D eigenvalue weighted by molar-refractivity contribution is -0.128. The number of rotatable bonds is 7. The van der Waals surface area contributed by atoms with Crippen LogP contribution in [0, 0.1) is 0 Å². The zero-order valence-electron chi connectivity index (χ0n) is 17.9. The monoisotopic (exact) mass is 408 g/mol. The Balaban J connectivity index is 1.23. The summed E-state index contributed by atoms with van der Waals surface area (Å²) in [5.74, 6) is 0.177. The second-order valence-corrected chi connectivity index (χ2v) is 8.67. The van der Waals surface area contributed by atoms with Crippen molar-refractivity contribution >= 4 is 22.6 Å². The molecule has 1 saturated heterocycles. The Morgan fingerprint density at radius 1 is 1.00 bits per heavy atom. The zero-order valence-corrected chi connectivity index (χ0v) is 17.9. The van der Waals surface area contributed by atoms with Crippen LogP contribution in [0.5, 0.6) is 0 Å². The average Bonchev–Trinajstić information content (AvgIpc) is 3.57. The standard InChI is InChI=1S/C24H32N4O2/c1-17(20-8-7-19-5-3-4-6-21(19)15-20)25-23(29)16-27-11-13-28(14-12-27)18(2)24(30)26-22-9-10-22/h3-8,15,17-18,22H,9-14,16H2,1-2H3,(H,25,29)(H,26,30). The van der Waals surface area contributed by atoms with Crippen molar-refractivity contribution in [2.24, 2.45) is 0 Å². The molecule has 0 bridgehead atoms. The number of benzene rings is 2. The van der Waals surface area contributed by atoms with Gasteiger partial charge in [0.15, 0.2) is 0 Å². The predicted octanol–water partition coefficient (Wildman–Crippen LogP) is 2.30. The molecule has 2 amide bonds. The van der Waals surface area contributed by atoms with Gasteiger partial charge in [-0.2, -0.15) is 0 Å². The summed E-state index contributed by atoms with van der Waals surface area (Å²) >= 11 is 0. The van der Waals surface area contributed by atoms with E-state index in [4.69, 9.17) is 0 Å². The number of carbonyl (C=O) groups is 2. The fourth-order valence-corrected chi connectivity index (χ4v) is 4.07. The van der Waals surface area contributed by atoms with Crippen LogP contribution in [0.1, 0.15) is 38.3 Å². The van der Waals surface area contributed by atoms with E-state index in [0.717, 1.165) is 44.6 Å². The summed E-state index contributed by atoms with van der Waals surface area (Å²) in [6.45, 7) is 7.64. The Kier molecular flexibility index (Phi) is 6.35.